The van der Waals surface area contributed by atoms with Crippen molar-refractivity contribution < 1.29 is 19.7 Å². The molecule has 0 radical (unpaired) electrons. The second kappa shape index (κ2) is 9.88. The van der Waals surface area contributed by atoms with Crippen LogP contribution in [0.25, 0.3) is 0 Å². The second-order valence-electron chi connectivity index (χ2n) is 6.38. The fourth-order valence-electron chi connectivity index (χ4n) is 0.768. The molecule has 0 fully saturated rings. The summed E-state index contributed by atoms with van der Waals surface area (Å²) in [4.78, 5) is 0. The first-order valence-electron chi connectivity index (χ1n) is 7.12. The summed E-state index contributed by atoms with van der Waals surface area (Å²) in [6.45, 7) is 15.2. The molecular weight excluding hydrogens is 260 g/mol. The molecule has 2 atom stereocenters. The van der Waals surface area contributed by atoms with Gasteiger partial charge in [0.2, 0.25) is 0 Å². The summed E-state index contributed by atoms with van der Waals surface area (Å²) in [7, 11) is -1.64. The molecule has 0 aromatic heterocycles. The van der Waals surface area contributed by atoms with Crippen LogP contribution in [0.4, 0.5) is 0 Å². The topological polar surface area (TPSA) is 69.9 Å². The summed E-state index contributed by atoms with van der Waals surface area (Å²) >= 11 is 0. The number of aliphatic hydroxyl groups excluding tert-OH is 3. The molecule has 19 heavy (non-hydrogen) atoms. The summed E-state index contributed by atoms with van der Waals surface area (Å²) < 4.78 is 5.84. The van der Waals surface area contributed by atoms with Crippen LogP contribution >= 0.6 is 0 Å². The zero-order valence-electron chi connectivity index (χ0n) is 13.7. The molecule has 0 aliphatic heterocycles. The number of hydrogen-bond acceptors (Lipinski definition) is 4. The molecular formula is C14H34O4Si. The Morgan fingerprint density at radius 3 is 1.63 bits per heavy atom. The van der Waals surface area contributed by atoms with Crippen molar-refractivity contribution in [3.63, 3.8) is 0 Å². The van der Waals surface area contributed by atoms with E-state index in [0.29, 0.717) is 13.0 Å². The lowest BCUT2D eigenvalue weighted by Crippen LogP contribution is -2.42. The maximum atomic E-state index is 9.38. The first-order chi connectivity index (χ1) is 8.51. The molecule has 0 aromatic rings. The minimum absolute atomic E-state index is 0.115. The predicted octanol–water partition coefficient (Wildman–Crippen LogP) is 2.53. The Bertz CT molecular complexity index is 210. The highest BCUT2D eigenvalue weighted by Gasteiger charge is 2.37. The molecule has 0 saturated carbocycles. The molecule has 0 rings (SSSR count). The fourth-order valence-corrected chi connectivity index (χ4v) is 1.81. The molecule has 2 unspecified atom stereocenters. The smallest absolute Gasteiger partial charge is 0.192 e. The standard InChI is InChI=1S/C10H24O2Si.C4H10O2/c1-7-9(11)8-12-13(5,6)10(2,3)4;1-2-4(6)3-5/h9,11H,7-8H2,1-6H3;4-6H,2-3H2,1H3. The Kier molecular flexibility index (Phi) is 11.1. The van der Waals surface area contributed by atoms with E-state index in [1.54, 1.807) is 0 Å². The highest BCUT2D eigenvalue weighted by molar-refractivity contribution is 6.74. The van der Waals surface area contributed by atoms with Crippen LogP contribution in [0.2, 0.25) is 18.1 Å². The third-order valence-corrected chi connectivity index (χ3v) is 8.10. The van der Waals surface area contributed by atoms with Crippen LogP contribution in [0.1, 0.15) is 47.5 Å². The van der Waals surface area contributed by atoms with Crippen molar-refractivity contribution in [2.75, 3.05) is 13.2 Å². The largest absolute Gasteiger partial charge is 0.414 e. The van der Waals surface area contributed by atoms with Crippen LogP contribution in [0, 0.1) is 0 Å². The van der Waals surface area contributed by atoms with E-state index in [0.717, 1.165) is 6.42 Å². The molecule has 0 aliphatic carbocycles. The van der Waals surface area contributed by atoms with Gasteiger partial charge in [-0.1, -0.05) is 34.6 Å². The highest BCUT2D eigenvalue weighted by Crippen LogP contribution is 2.36. The highest BCUT2D eigenvalue weighted by atomic mass is 28.4. The fraction of sp³-hybridized carbons (Fsp3) is 1.00. The minimum atomic E-state index is -1.64. The number of hydrogen-bond donors (Lipinski definition) is 3. The SMILES string of the molecule is CCC(O)CO.CCC(O)CO[Si](C)(C)C(C)(C)C. The molecule has 3 N–H and O–H groups in total. The Morgan fingerprint density at radius 1 is 1.00 bits per heavy atom. The van der Waals surface area contributed by atoms with Gasteiger partial charge in [0.25, 0.3) is 0 Å². The molecule has 4 nitrogen and oxygen atoms in total. The van der Waals surface area contributed by atoms with Crippen LogP contribution < -0.4 is 0 Å². The Hall–Kier alpha value is 0.0569. The summed E-state index contributed by atoms with van der Waals surface area (Å²) in [5, 5.41) is 26.1. The van der Waals surface area contributed by atoms with Crippen LogP contribution in [-0.4, -0.2) is 49.1 Å². The Labute approximate surface area is 119 Å². The minimum Gasteiger partial charge on any atom is -0.414 e. The average molecular weight is 295 g/mol. The van der Waals surface area contributed by atoms with Gasteiger partial charge in [-0.3, -0.25) is 0 Å². The molecule has 5 heteroatoms. The Morgan fingerprint density at radius 2 is 1.42 bits per heavy atom. The van der Waals surface area contributed by atoms with Gasteiger partial charge in [0.05, 0.1) is 25.4 Å². The van der Waals surface area contributed by atoms with E-state index in [1.165, 1.54) is 0 Å². The maximum Gasteiger partial charge on any atom is 0.192 e. The van der Waals surface area contributed by atoms with E-state index in [2.05, 4.69) is 33.9 Å². The van der Waals surface area contributed by atoms with E-state index in [4.69, 9.17) is 14.6 Å². The molecule has 0 amide bonds. The maximum absolute atomic E-state index is 9.38. The van der Waals surface area contributed by atoms with Gasteiger partial charge in [0, 0.05) is 0 Å². The van der Waals surface area contributed by atoms with Crippen LogP contribution in [0.15, 0.2) is 0 Å². The van der Waals surface area contributed by atoms with Gasteiger partial charge in [0.1, 0.15) is 0 Å². The molecule has 0 aliphatic rings. The van der Waals surface area contributed by atoms with E-state index < -0.39 is 14.4 Å². The summed E-state index contributed by atoms with van der Waals surface area (Å²) in [6.07, 6.45) is 0.601. The summed E-state index contributed by atoms with van der Waals surface area (Å²) in [5.74, 6) is 0. The Balaban J connectivity index is 0. The lowest BCUT2D eigenvalue weighted by atomic mass is 10.2. The third-order valence-electron chi connectivity index (χ3n) is 3.60. The molecule has 118 valence electrons. The van der Waals surface area contributed by atoms with Gasteiger partial charge >= 0.3 is 0 Å². The third kappa shape index (κ3) is 10.5. The van der Waals surface area contributed by atoms with Gasteiger partial charge < -0.3 is 19.7 Å². The zero-order valence-corrected chi connectivity index (χ0v) is 14.7. The van der Waals surface area contributed by atoms with Crippen molar-refractivity contribution in [1.29, 1.82) is 0 Å². The monoisotopic (exact) mass is 294 g/mol. The van der Waals surface area contributed by atoms with Crippen molar-refractivity contribution in [3.05, 3.63) is 0 Å². The quantitative estimate of drug-likeness (QED) is 0.658. The first-order valence-corrected chi connectivity index (χ1v) is 10.0. The molecule has 0 heterocycles. The summed E-state index contributed by atoms with van der Waals surface area (Å²) in [5.41, 5.74) is 0. The lowest BCUT2D eigenvalue weighted by Gasteiger charge is -2.36. The molecule has 0 bridgehead atoms. The van der Waals surface area contributed by atoms with E-state index in [9.17, 15) is 5.11 Å². The normalized spacial score (nSPS) is 15.5. The van der Waals surface area contributed by atoms with Crippen molar-refractivity contribution >= 4 is 8.32 Å². The lowest BCUT2D eigenvalue weighted by molar-refractivity contribution is 0.0923. The van der Waals surface area contributed by atoms with E-state index in [-0.39, 0.29) is 17.7 Å². The zero-order chi connectivity index (χ0) is 15.7. The van der Waals surface area contributed by atoms with Gasteiger partial charge in [-0.05, 0) is 31.0 Å². The predicted molar refractivity (Wildman–Crippen MR) is 82.8 cm³/mol. The van der Waals surface area contributed by atoms with E-state index in [1.807, 2.05) is 13.8 Å². The van der Waals surface area contributed by atoms with Crippen molar-refractivity contribution in [2.24, 2.45) is 0 Å². The average Bonchev–Trinajstić information content (AvgIpc) is 2.34. The summed E-state index contributed by atoms with van der Waals surface area (Å²) in [6, 6.07) is 0. The van der Waals surface area contributed by atoms with Crippen LogP contribution in [0.3, 0.4) is 0 Å². The van der Waals surface area contributed by atoms with Crippen molar-refractivity contribution in [3.8, 4) is 0 Å². The van der Waals surface area contributed by atoms with E-state index >= 15 is 0 Å². The van der Waals surface area contributed by atoms with Gasteiger partial charge in [-0.25, -0.2) is 0 Å². The first kappa shape index (κ1) is 21.4. The molecule has 0 spiro atoms. The van der Waals surface area contributed by atoms with Crippen LogP contribution in [-0.2, 0) is 4.43 Å². The van der Waals surface area contributed by atoms with Crippen molar-refractivity contribution in [1.82, 2.24) is 0 Å². The number of rotatable bonds is 6. The van der Waals surface area contributed by atoms with Gasteiger partial charge in [-0.15, -0.1) is 0 Å². The number of aliphatic hydroxyl groups is 3. The molecule has 0 aromatic carbocycles. The molecule has 0 saturated heterocycles. The van der Waals surface area contributed by atoms with Crippen molar-refractivity contribution in [2.45, 2.75) is 77.8 Å². The second-order valence-corrected chi connectivity index (χ2v) is 11.2. The van der Waals surface area contributed by atoms with Gasteiger partial charge in [-0.2, -0.15) is 0 Å². The van der Waals surface area contributed by atoms with Crippen LogP contribution in [0.5, 0.6) is 0 Å². The van der Waals surface area contributed by atoms with Gasteiger partial charge in [0.15, 0.2) is 8.32 Å².